The second kappa shape index (κ2) is 4.88. The minimum Gasteiger partial charge on any atom is -0.326 e. The van der Waals surface area contributed by atoms with E-state index in [1.165, 1.54) is 6.07 Å². The fourth-order valence-electron chi connectivity index (χ4n) is 1.68. The molecule has 0 bridgehead atoms. The third-order valence-corrected chi connectivity index (χ3v) is 2.74. The Morgan fingerprint density at radius 3 is 2.88 bits per heavy atom. The van der Waals surface area contributed by atoms with E-state index in [-0.39, 0.29) is 18.0 Å². The van der Waals surface area contributed by atoms with E-state index < -0.39 is 0 Å². The van der Waals surface area contributed by atoms with Crippen molar-refractivity contribution in [3.05, 3.63) is 34.2 Å². The third-order valence-electron chi connectivity index (χ3n) is 2.74. The molecule has 0 radical (unpaired) electrons. The van der Waals surface area contributed by atoms with Crippen molar-refractivity contribution in [3.63, 3.8) is 0 Å². The highest BCUT2D eigenvalue weighted by Gasteiger charge is 2.27. The summed E-state index contributed by atoms with van der Waals surface area (Å²) in [5, 5.41) is 0. The van der Waals surface area contributed by atoms with Gasteiger partial charge in [0.1, 0.15) is 5.69 Å². The van der Waals surface area contributed by atoms with Crippen molar-refractivity contribution in [2.75, 3.05) is 13.1 Å². The van der Waals surface area contributed by atoms with Gasteiger partial charge in [0, 0.05) is 12.6 Å². The van der Waals surface area contributed by atoms with Crippen LogP contribution in [0.15, 0.2) is 23.0 Å². The molecule has 4 nitrogen and oxygen atoms in total. The second-order valence-corrected chi connectivity index (χ2v) is 4.26. The first-order chi connectivity index (χ1) is 8.20. The molecule has 1 saturated carbocycles. The molecule has 0 atom stereocenters. The quantitative estimate of drug-likeness (QED) is 0.780. The fraction of sp³-hybridized carbons (Fsp3) is 0.385. The maximum atomic E-state index is 12.1. The minimum atomic E-state index is -0.275. The Hall–Kier alpha value is -2.02. The summed E-state index contributed by atoms with van der Waals surface area (Å²) < 4.78 is 0. The van der Waals surface area contributed by atoms with Gasteiger partial charge in [0.05, 0.1) is 6.54 Å². The van der Waals surface area contributed by atoms with Crippen LogP contribution in [0.5, 0.6) is 0 Å². The first-order valence-corrected chi connectivity index (χ1v) is 5.63. The molecule has 1 aromatic heterocycles. The highest BCUT2D eigenvalue weighted by molar-refractivity contribution is 5.92. The molecule has 0 aliphatic heterocycles. The molecular weight excluding hydrogens is 216 g/mol. The Bertz CT molecular complexity index is 509. The van der Waals surface area contributed by atoms with Crippen LogP contribution in [0, 0.1) is 18.3 Å². The second-order valence-electron chi connectivity index (χ2n) is 4.26. The number of terminal acetylenes is 1. The molecule has 1 fully saturated rings. The highest BCUT2D eigenvalue weighted by Crippen LogP contribution is 2.29. The summed E-state index contributed by atoms with van der Waals surface area (Å²) >= 11 is 0. The maximum Gasteiger partial charge on any atom is 0.271 e. The first kappa shape index (κ1) is 11.5. The van der Waals surface area contributed by atoms with Gasteiger partial charge in [-0.1, -0.05) is 12.0 Å². The topological polar surface area (TPSA) is 53.2 Å². The van der Waals surface area contributed by atoms with Gasteiger partial charge in [-0.2, -0.15) is 0 Å². The lowest BCUT2D eigenvalue weighted by molar-refractivity contribution is 0.0763. The number of aromatic amines is 1. The fourth-order valence-corrected chi connectivity index (χ4v) is 1.68. The minimum absolute atomic E-state index is 0.201. The number of nitrogens with zero attached hydrogens (tertiary/aromatic N) is 1. The molecule has 17 heavy (non-hydrogen) atoms. The van der Waals surface area contributed by atoms with Gasteiger partial charge in [-0.25, -0.2) is 0 Å². The number of aromatic nitrogens is 1. The van der Waals surface area contributed by atoms with Crippen LogP contribution >= 0.6 is 0 Å². The smallest absolute Gasteiger partial charge is 0.271 e. The number of hydrogen-bond acceptors (Lipinski definition) is 2. The number of pyridine rings is 1. The van der Waals surface area contributed by atoms with Gasteiger partial charge >= 0.3 is 0 Å². The van der Waals surface area contributed by atoms with E-state index in [1.807, 2.05) is 0 Å². The molecule has 0 saturated heterocycles. The zero-order valence-corrected chi connectivity index (χ0v) is 9.48. The van der Waals surface area contributed by atoms with Crippen LogP contribution in [0.25, 0.3) is 0 Å². The number of H-pyrrole nitrogens is 1. The van der Waals surface area contributed by atoms with Crippen molar-refractivity contribution < 1.29 is 4.79 Å². The van der Waals surface area contributed by atoms with Crippen molar-refractivity contribution in [1.82, 2.24) is 9.88 Å². The summed E-state index contributed by atoms with van der Waals surface area (Å²) in [5.74, 6) is 2.85. The summed E-state index contributed by atoms with van der Waals surface area (Å²) in [6.45, 7) is 0.965. The third kappa shape index (κ3) is 2.97. The van der Waals surface area contributed by atoms with E-state index in [4.69, 9.17) is 6.42 Å². The molecule has 0 unspecified atom stereocenters. The molecular formula is C13H14N2O2. The summed E-state index contributed by atoms with van der Waals surface area (Å²) in [7, 11) is 0. The Balaban J connectivity index is 2.14. The molecule has 1 aliphatic carbocycles. The summed E-state index contributed by atoms with van der Waals surface area (Å²) in [4.78, 5) is 27.4. The van der Waals surface area contributed by atoms with Crippen LogP contribution in [0.4, 0.5) is 0 Å². The van der Waals surface area contributed by atoms with Crippen LogP contribution in [-0.4, -0.2) is 28.9 Å². The number of rotatable bonds is 4. The van der Waals surface area contributed by atoms with E-state index in [0.29, 0.717) is 18.2 Å². The van der Waals surface area contributed by atoms with E-state index in [9.17, 15) is 9.59 Å². The standard InChI is InChI=1S/C13H14N2O2/c1-2-8-15(9-10-6-7-10)13(17)11-4-3-5-12(16)14-11/h1,3-5,10H,6-9H2,(H,14,16). The largest absolute Gasteiger partial charge is 0.326 e. The highest BCUT2D eigenvalue weighted by atomic mass is 16.2. The van der Waals surface area contributed by atoms with Crippen LogP contribution in [0.2, 0.25) is 0 Å². The number of hydrogen-bond donors (Lipinski definition) is 1. The number of amides is 1. The van der Waals surface area contributed by atoms with Gasteiger partial charge in [-0.3, -0.25) is 9.59 Å². The van der Waals surface area contributed by atoms with Crippen molar-refractivity contribution in [2.45, 2.75) is 12.8 Å². The Labute approximate surface area is 99.6 Å². The number of carbonyl (C=O) groups excluding carboxylic acids is 1. The zero-order valence-electron chi connectivity index (χ0n) is 9.48. The summed E-state index contributed by atoms with van der Waals surface area (Å²) in [6, 6.07) is 4.54. The summed E-state index contributed by atoms with van der Waals surface area (Å²) in [6.07, 6.45) is 7.56. The molecule has 88 valence electrons. The number of carbonyl (C=O) groups is 1. The van der Waals surface area contributed by atoms with Crippen LogP contribution in [-0.2, 0) is 0 Å². The molecule has 1 amide bonds. The van der Waals surface area contributed by atoms with Crippen molar-refractivity contribution >= 4 is 5.91 Å². The van der Waals surface area contributed by atoms with E-state index in [1.54, 1.807) is 17.0 Å². The van der Waals surface area contributed by atoms with Gasteiger partial charge in [-0.05, 0) is 24.8 Å². The van der Waals surface area contributed by atoms with E-state index in [2.05, 4.69) is 10.9 Å². The van der Waals surface area contributed by atoms with Crippen molar-refractivity contribution in [1.29, 1.82) is 0 Å². The Morgan fingerprint density at radius 1 is 1.53 bits per heavy atom. The Morgan fingerprint density at radius 2 is 2.29 bits per heavy atom. The molecule has 1 heterocycles. The monoisotopic (exact) mass is 230 g/mol. The molecule has 1 aromatic rings. The Kier molecular flexibility index (Phi) is 3.29. The predicted octanol–water partition coefficient (Wildman–Crippen LogP) is 0.860. The van der Waals surface area contributed by atoms with Gasteiger partial charge in [0.25, 0.3) is 5.91 Å². The predicted molar refractivity (Wildman–Crippen MR) is 64.5 cm³/mol. The lowest BCUT2D eigenvalue weighted by atomic mass is 10.3. The molecule has 0 aromatic carbocycles. The van der Waals surface area contributed by atoms with Crippen LogP contribution in [0.3, 0.4) is 0 Å². The van der Waals surface area contributed by atoms with Crippen LogP contribution in [0.1, 0.15) is 23.3 Å². The molecule has 1 aliphatic rings. The average Bonchev–Trinajstić information content (AvgIpc) is 3.11. The van der Waals surface area contributed by atoms with Gasteiger partial charge in [0.15, 0.2) is 0 Å². The van der Waals surface area contributed by atoms with Gasteiger partial charge in [0.2, 0.25) is 5.56 Å². The van der Waals surface area contributed by atoms with Crippen molar-refractivity contribution in [2.24, 2.45) is 5.92 Å². The molecule has 2 rings (SSSR count). The van der Waals surface area contributed by atoms with Crippen molar-refractivity contribution in [3.8, 4) is 12.3 Å². The maximum absolute atomic E-state index is 12.1. The molecule has 1 N–H and O–H groups in total. The first-order valence-electron chi connectivity index (χ1n) is 5.63. The lowest BCUT2D eigenvalue weighted by Crippen LogP contribution is -2.34. The number of nitrogens with one attached hydrogen (secondary N) is 1. The van der Waals surface area contributed by atoms with E-state index >= 15 is 0 Å². The zero-order chi connectivity index (χ0) is 12.3. The van der Waals surface area contributed by atoms with Crippen LogP contribution < -0.4 is 5.56 Å². The SMILES string of the molecule is C#CCN(CC1CC1)C(=O)c1cccc(=O)[nH]1. The molecule has 4 heteroatoms. The summed E-state index contributed by atoms with van der Waals surface area (Å²) in [5.41, 5.74) is 0.0244. The van der Waals surface area contributed by atoms with E-state index in [0.717, 1.165) is 12.8 Å². The van der Waals surface area contributed by atoms with Gasteiger partial charge in [-0.15, -0.1) is 6.42 Å². The normalized spacial score (nSPS) is 14.1. The van der Waals surface area contributed by atoms with Gasteiger partial charge < -0.3 is 9.88 Å². The lowest BCUT2D eigenvalue weighted by Gasteiger charge is -2.19. The molecule has 0 spiro atoms. The average molecular weight is 230 g/mol.